The van der Waals surface area contributed by atoms with Crippen LogP contribution in [0, 0.1) is 0 Å². The minimum Gasteiger partial charge on any atom is -0.399 e. The predicted octanol–water partition coefficient (Wildman–Crippen LogP) is 3.87. The summed E-state index contributed by atoms with van der Waals surface area (Å²) in [4.78, 5) is 10.0. The summed E-state index contributed by atoms with van der Waals surface area (Å²) in [6, 6.07) is 11.5. The Morgan fingerprint density at radius 1 is 1.22 bits per heavy atom. The van der Waals surface area contributed by atoms with Crippen molar-refractivity contribution in [1.82, 2.24) is 4.98 Å². The molecule has 2 rings (SSSR count). The zero-order chi connectivity index (χ0) is 12.8. The van der Waals surface area contributed by atoms with Crippen molar-refractivity contribution in [2.24, 2.45) is 5.16 Å². The Kier molecular flexibility index (Phi) is 4.61. The Morgan fingerprint density at radius 3 is 2.61 bits per heavy atom. The van der Waals surface area contributed by atoms with Crippen LogP contribution < -0.4 is 0 Å². The number of oxime groups is 1. The fourth-order valence-electron chi connectivity index (χ4n) is 1.27. The second-order valence-electron chi connectivity index (χ2n) is 3.40. The van der Waals surface area contributed by atoms with Crippen molar-refractivity contribution in [2.75, 3.05) is 7.11 Å². The average Bonchev–Trinajstić information content (AvgIpc) is 2.41. The van der Waals surface area contributed by atoms with E-state index in [1.54, 1.807) is 24.2 Å². The van der Waals surface area contributed by atoms with Gasteiger partial charge in [-0.2, -0.15) is 0 Å². The molecule has 0 fully saturated rings. The van der Waals surface area contributed by atoms with Crippen molar-refractivity contribution in [3.63, 3.8) is 0 Å². The Balaban J connectivity index is 2.06. The van der Waals surface area contributed by atoms with E-state index in [9.17, 15) is 0 Å². The molecule has 0 saturated heterocycles. The highest BCUT2D eigenvalue weighted by Crippen LogP contribution is 2.26. The number of rotatable bonds is 4. The smallest absolute Gasteiger partial charge is 0.106 e. The van der Waals surface area contributed by atoms with Gasteiger partial charge in [0, 0.05) is 21.7 Å². The summed E-state index contributed by atoms with van der Waals surface area (Å²) in [6.45, 7) is 0. The molecular weight excluding hydrogens is 268 g/mol. The van der Waals surface area contributed by atoms with Crippen LogP contribution in [-0.2, 0) is 4.84 Å². The lowest BCUT2D eigenvalue weighted by molar-refractivity contribution is 0.215. The highest BCUT2D eigenvalue weighted by Gasteiger charge is 1.99. The standard InChI is InChI=1S/C13H11ClN2OS/c1-17-16-9-10-2-7-13(15-8-10)18-12-5-3-11(14)4-6-12/h2-9H,1H3. The van der Waals surface area contributed by atoms with Crippen LogP contribution in [0.1, 0.15) is 5.56 Å². The second kappa shape index (κ2) is 6.42. The molecule has 0 radical (unpaired) electrons. The minimum absolute atomic E-state index is 0.735. The van der Waals surface area contributed by atoms with Crippen LogP contribution in [0.15, 0.2) is 57.7 Å². The van der Waals surface area contributed by atoms with Crippen molar-refractivity contribution >= 4 is 29.6 Å². The zero-order valence-corrected chi connectivity index (χ0v) is 11.3. The summed E-state index contributed by atoms with van der Waals surface area (Å²) in [7, 11) is 1.51. The number of aromatic nitrogens is 1. The molecule has 1 aromatic carbocycles. The molecule has 0 aliphatic rings. The van der Waals surface area contributed by atoms with Crippen LogP contribution in [0.4, 0.5) is 0 Å². The molecule has 0 unspecified atom stereocenters. The minimum atomic E-state index is 0.735. The van der Waals surface area contributed by atoms with E-state index in [2.05, 4.69) is 15.0 Å². The summed E-state index contributed by atoms with van der Waals surface area (Å²) in [5.41, 5.74) is 0.900. The first-order valence-electron chi connectivity index (χ1n) is 5.24. The normalized spacial score (nSPS) is 10.8. The topological polar surface area (TPSA) is 34.5 Å². The van der Waals surface area contributed by atoms with Crippen LogP contribution in [0.25, 0.3) is 0 Å². The van der Waals surface area contributed by atoms with Crippen LogP contribution in [-0.4, -0.2) is 18.3 Å². The van der Waals surface area contributed by atoms with Gasteiger partial charge in [-0.25, -0.2) is 4.98 Å². The number of hydrogen-bond donors (Lipinski definition) is 0. The summed E-state index contributed by atoms with van der Waals surface area (Å²) >= 11 is 7.42. The van der Waals surface area contributed by atoms with Crippen molar-refractivity contribution < 1.29 is 4.84 Å². The lowest BCUT2D eigenvalue weighted by Crippen LogP contribution is -1.85. The van der Waals surface area contributed by atoms with Crippen LogP contribution in [0.5, 0.6) is 0 Å². The quantitative estimate of drug-likeness (QED) is 0.629. The van der Waals surface area contributed by atoms with Gasteiger partial charge in [0.1, 0.15) is 12.1 Å². The molecule has 2 aromatic rings. The highest BCUT2D eigenvalue weighted by atomic mass is 35.5. The van der Waals surface area contributed by atoms with Crippen LogP contribution in [0.3, 0.4) is 0 Å². The number of halogens is 1. The molecule has 3 nitrogen and oxygen atoms in total. The molecule has 0 N–H and O–H groups in total. The Morgan fingerprint density at radius 2 is 2.00 bits per heavy atom. The molecular formula is C13H11ClN2OS. The molecule has 92 valence electrons. The van der Waals surface area contributed by atoms with Gasteiger partial charge in [0.2, 0.25) is 0 Å². The van der Waals surface area contributed by atoms with Gasteiger partial charge >= 0.3 is 0 Å². The van der Waals surface area contributed by atoms with Crippen molar-refractivity contribution in [1.29, 1.82) is 0 Å². The highest BCUT2D eigenvalue weighted by molar-refractivity contribution is 7.99. The van der Waals surface area contributed by atoms with E-state index in [1.165, 1.54) is 7.11 Å². The molecule has 0 aliphatic carbocycles. The number of benzene rings is 1. The SMILES string of the molecule is CON=Cc1ccc(Sc2ccc(Cl)cc2)nc1. The van der Waals surface area contributed by atoms with E-state index in [-0.39, 0.29) is 0 Å². The second-order valence-corrected chi connectivity index (χ2v) is 4.93. The maximum Gasteiger partial charge on any atom is 0.106 e. The molecule has 0 atom stereocenters. The summed E-state index contributed by atoms with van der Waals surface area (Å²) in [6.07, 6.45) is 3.37. The molecule has 18 heavy (non-hydrogen) atoms. The molecule has 0 saturated carbocycles. The van der Waals surface area contributed by atoms with Gasteiger partial charge in [-0.3, -0.25) is 0 Å². The first kappa shape index (κ1) is 12.9. The van der Waals surface area contributed by atoms with Gasteiger partial charge in [-0.15, -0.1) is 0 Å². The number of pyridine rings is 1. The molecule has 1 heterocycles. The van der Waals surface area contributed by atoms with Crippen LogP contribution >= 0.6 is 23.4 Å². The maximum atomic E-state index is 5.83. The number of hydrogen-bond acceptors (Lipinski definition) is 4. The van der Waals surface area contributed by atoms with Gasteiger partial charge in [0.25, 0.3) is 0 Å². The third-order valence-electron chi connectivity index (χ3n) is 2.10. The molecule has 1 aromatic heterocycles. The maximum absolute atomic E-state index is 5.83. The third kappa shape index (κ3) is 3.75. The molecule has 0 bridgehead atoms. The van der Waals surface area contributed by atoms with Crippen molar-refractivity contribution in [2.45, 2.75) is 9.92 Å². The number of nitrogens with zero attached hydrogens (tertiary/aromatic N) is 2. The van der Waals surface area contributed by atoms with Gasteiger partial charge in [0.05, 0.1) is 6.21 Å². The van der Waals surface area contributed by atoms with E-state index < -0.39 is 0 Å². The van der Waals surface area contributed by atoms with E-state index in [0.29, 0.717) is 0 Å². The Labute approximate surface area is 115 Å². The lowest BCUT2D eigenvalue weighted by Gasteiger charge is -2.01. The fourth-order valence-corrected chi connectivity index (χ4v) is 2.15. The summed E-state index contributed by atoms with van der Waals surface area (Å²) in [5.74, 6) is 0. The molecule has 0 aliphatic heterocycles. The van der Waals surface area contributed by atoms with E-state index in [0.717, 1.165) is 20.5 Å². The summed E-state index contributed by atoms with van der Waals surface area (Å²) in [5, 5.41) is 5.34. The summed E-state index contributed by atoms with van der Waals surface area (Å²) < 4.78 is 0. The molecule has 5 heteroatoms. The third-order valence-corrected chi connectivity index (χ3v) is 3.31. The van der Waals surface area contributed by atoms with Gasteiger partial charge < -0.3 is 4.84 Å². The first-order chi connectivity index (χ1) is 8.78. The van der Waals surface area contributed by atoms with Gasteiger partial charge in [-0.05, 0) is 36.4 Å². The molecule has 0 amide bonds. The van der Waals surface area contributed by atoms with Gasteiger partial charge in [-0.1, -0.05) is 28.5 Å². The van der Waals surface area contributed by atoms with Gasteiger partial charge in [0.15, 0.2) is 0 Å². The van der Waals surface area contributed by atoms with Crippen LogP contribution in [0.2, 0.25) is 5.02 Å². The van der Waals surface area contributed by atoms with Crippen molar-refractivity contribution in [3.8, 4) is 0 Å². The fraction of sp³-hybridized carbons (Fsp3) is 0.0769. The average molecular weight is 279 g/mol. The van der Waals surface area contributed by atoms with Crippen molar-refractivity contribution in [3.05, 3.63) is 53.2 Å². The Hall–Kier alpha value is -1.52. The Bertz CT molecular complexity index is 526. The first-order valence-corrected chi connectivity index (χ1v) is 6.43. The lowest BCUT2D eigenvalue weighted by atomic mass is 10.3. The van der Waals surface area contributed by atoms with E-state index in [4.69, 9.17) is 11.6 Å². The van der Waals surface area contributed by atoms with E-state index >= 15 is 0 Å². The predicted molar refractivity (Wildman–Crippen MR) is 74.4 cm³/mol. The zero-order valence-electron chi connectivity index (χ0n) is 9.71. The largest absolute Gasteiger partial charge is 0.399 e. The monoisotopic (exact) mass is 278 g/mol. The van der Waals surface area contributed by atoms with E-state index in [1.807, 2.05) is 36.4 Å². The molecule has 0 spiro atoms.